The highest BCUT2D eigenvalue weighted by atomic mass is 32.2. The highest BCUT2D eigenvalue weighted by Crippen LogP contribution is 2.33. The van der Waals surface area contributed by atoms with E-state index < -0.39 is 15.9 Å². The Morgan fingerprint density at radius 2 is 1.83 bits per heavy atom. The number of carbonyl (C=O) groups excluding carboxylic acids is 1. The van der Waals surface area contributed by atoms with Crippen LogP contribution in [0.4, 0.5) is 0 Å². The number of nitriles is 1. The van der Waals surface area contributed by atoms with Gasteiger partial charge in [-0.1, -0.05) is 30.3 Å². The number of carbonyl (C=O) groups is 1. The normalized spacial score (nSPS) is 11.3. The average molecular weight is 402 g/mol. The lowest BCUT2D eigenvalue weighted by Crippen LogP contribution is -2.12. The highest BCUT2D eigenvalue weighted by Gasteiger charge is 2.23. The van der Waals surface area contributed by atoms with Gasteiger partial charge in [-0.2, -0.15) is 5.26 Å². The fourth-order valence-electron chi connectivity index (χ4n) is 3.10. The van der Waals surface area contributed by atoms with Gasteiger partial charge in [-0.05, 0) is 35.9 Å². The number of pyridine rings is 1. The smallest absolute Gasteiger partial charge is 0.269 e. The van der Waals surface area contributed by atoms with Crippen molar-refractivity contribution in [3.05, 3.63) is 84.2 Å². The van der Waals surface area contributed by atoms with Gasteiger partial charge in [0.05, 0.1) is 10.5 Å². The first-order chi connectivity index (χ1) is 13.9. The molecule has 0 atom stereocenters. The summed E-state index contributed by atoms with van der Waals surface area (Å²) in [6.07, 6.45) is 2.77. The van der Waals surface area contributed by atoms with Crippen LogP contribution in [0, 0.1) is 11.3 Å². The molecule has 8 heteroatoms. The minimum absolute atomic E-state index is 0.112. The van der Waals surface area contributed by atoms with Crippen LogP contribution in [0.15, 0.2) is 78.0 Å². The second kappa shape index (κ2) is 6.89. The number of nitrogens with zero attached hydrogens (tertiary/aromatic N) is 3. The Balaban J connectivity index is 2.03. The van der Waals surface area contributed by atoms with E-state index in [1.54, 1.807) is 48.5 Å². The fourth-order valence-corrected chi connectivity index (χ4v) is 4.45. The topological polar surface area (TPSA) is 119 Å². The van der Waals surface area contributed by atoms with Crippen molar-refractivity contribution in [2.45, 2.75) is 4.90 Å². The first-order valence-corrected chi connectivity index (χ1v) is 9.98. The number of amides is 1. The Kier molecular flexibility index (Phi) is 4.37. The quantitative estimate of drug-likeness (QED) is 0.563. The molecule has 0 saturated heterocycles. The van der Waals surface area contributed by atoms with Gasteiger partial charge >= 0.3 is 0 Å². The molecule has 29 heavy (non-hydrogen) atoms. The van der Waals surface area contributed by atoms with Crippen LogP contribution in [0.5, 0.6) is 0 Å². The highest BCUT2D eigenvalue weighted by molar-refractivity contribution is 7.90. The van der Waals surface area contributed by atoms with E-state index in [0.717, 1.165) is 3.97 Å². The van der Waals surface area contributed by atoms with Crippen LogP contribution in [0.25, 0.3) is 22.2 Å². The lowest BCUT2D eigenvalue weighted by molar-refractivity contribution is 0.100. The molecule has 0 radical (unpaired) electrons. The zero-order valence-corrected chi connectivity index (χ0v) is 15.8. The molecular weight excluding hydrogens is 388 g/mol. The summed E-state index contributed by atoms with van der Waals surface area (Å²) in [4.78, 5) is 15.9. The van der Waals surface area contributed by atoms with Crippen LogP contribution in [-0.2, 0) is 10.0 Å². The molecule has 0 aliphatic rings. The maximum absolute atomic E-state index is 13.2. The molecule has 2 N–H and O–H groups in total. The molecule has 4 aromatic rings. The Morgan fingerprint density at radius 3 is 2.52 bits per heavy atom. The lowest BCUT2D eigenvalue weighted by atomic mass is 10.0. The number of fused-ring (bicyclic) bond motifs is 1. The predicted molar refractivity (Wildman–Crippen MR) is 107 cm³/mol. The maximum atomic E-state index is 13.2. The second-order valence-electron chi connectivity index (χ2n) is 6.31. The Bertz CT molecular complexity index is 1400. The van der Waals surface area contributed by atoms with Gasteiger partial charge in [0.1, 0.15) is 6.07 Å². The van der Waals surface area contributed by atoms with Crippen LogP contribution in [0.2, 0.25) is 0 Å². The summed E-state index contributed by atoms with van der Waals surface area (Å²) in [6.45, 7) is 0. The summed E-state index contributed by atoms with van der Waals surface area (Å²) in [7, 11) is -3.92. The number of nitrogens with two attached hydrogens (primary N) is 1. The average Bonchev–Trinajstić information content (AvgIpc) is 3.14. The lowest BCUT2D eigenvalue weighted by Gasteiger charge is -2.06. The molecule has 0 unspecified atom stereocenters. The SMILES string of the molecule is N#Cc1cnc2c(c1)c(-c1cccc(C(N)=O)c1)cn2S(=O)(=O)c1ccccc1. The first-order valence-electron chi connectivity index (χ1n) is 8.54. The number of primary amides is 1. The zero-order chi connectivity index (χ0) is 20.6. The van der Waals surface area contributed by atoms with Crippen LogP contribution >= 0.6 is 0 Å². The van der Waals surface area contributed by atoms with E-state index in [9.17, 15) is 18.5 Å². The minimum Gasteiger partial charge on any atom is -0.366 e. The number of hydrogen-bond donors (Lipinski definition) is 1. The molecule has 0 aliphatic heterocycles. The van der Waals surface area contributed by atoms with E-state index in [4.69, 9.17) is 5.73 Å². The van der Waals surface area contributed by atoms with E-state index in [1.165, 1.54) is 24.5 Å². The Labute approximate surface area is 166 Å². The van der Waals surface area contributed by atoms with Crippen LogP contribution in [0.1, 0.15) is 15.9 Å². The standard InChI is InChI=1S/C21H14N4O3S/c22-11-14-9-18-19(15-5-4-6-16(10-15)20(23)26)13-25(21(18)24-12-14)29(27,28)17-7-2-1-3-8-17/h1-10,12-13H,(H2,23,26). The number of benzene rings is 2. The number of hydrogen-bond acceptors (Lipinski definition) is 5. The fraction of sp³-hybridized carbons (Fsp3) is 0. The summed E-state index contributed by atoms with van der Waals surface area (Å²) in [5.41, 5.74) is 7.25. The molecule has 0 spiro atoms. The van der Waals surface area contributed by atoms with E-state index >= 15 is 0 Å². The van der Waals surface area contributed by atoms with E-state index in [-0.39, 0.29) is 10.5 Å². The van der Waals surface area contributed by atoms with E-state index in [2.05, 4.69) is 4.98 Å². The van der Waals surface area contributed by atoms with Crippen molar-refractivity contribution in [2.75, 3.05) is 0 Å². The Hall–Kier alpha value is -3.96. The van der Waals surface area contributed by atoms with Crippen molar-refractivity contribution in [1.82, 2.24) is 8.96 Å². The van der Waals surface area contributed by atoms with Gasteiger partial charge in [0.25, 0.3) is 10.0 Å². The molecule has 7 nitrogen and oxygen atoms in total. The van der Waals surface area contributed by atoms with Crippen LogP contribution < -0.4 is 5.73 Å². The molecule has 0 saturated carbocycles. The third kappa shape index (κ3) is 3.13. The minimum atomic E-state index is -3.92. The summed E-state index contributed by atoms with van der Waals surface area (Å²) in [5.74, 6) is -0.594. The molecule has 2 aromatic carbocycles. The number of rotatable bonds is 4. The van der Waals surface area contributed by atoms with Crippen LogP contribution in [0.3, 0.4) is 0 Å². The second-order valence-corrected chi connectivity index (χ2v) is 8.12. The van der Waals surface area contributed by atoms with Crippen molar-refractivity contribution in [3.63, 3.8) is 0 Å². The molecule has 4 rings (SSSR count). The van der Waals surface area contributed by atoms with E-state index in [1.807, 2.05) is 6.07 Å². The summed E-state index contributed by atoms with van der Waals surface area (Å²) in [5, 5.41) is 9.72. The molecule has 0 fully saturated rings. The third-order valence-electron chi connectivity index (χ3n) is 4.50. The molecule has 0 bridgehead atoms. The van der Waals surface area contributed by atoms with Crippen LogP contribution in [-0.4, -0.2) is 23.3 Å². The van der Waals surface area contributed by atoms with Crippen molar-refractivity contribution in [2.24, 2.45) is 5.73 Å². The van der Waals surface area contributed by atoms with E-state index in [0.29, 0.717) is 27.6 Å². The van der Waals surface area contributed by atoms with Gasteiger partial charge in [0.2, 0.25) is 5.91 Å². The van der Waals surface area contributed by atoms with Crippen molar-refractivity contribution < 1.29 is 13.2 Å². The number of aromatic nitrogens is 2. The molecule has 0 aliphatic carbocycles. The van der Waals surface area contributed by atoms with Gasteiger partial charge in [-0.3, -0.25) is 4.79 Å². The van der Waals surface area contributed by atoms with Gasteiger partial charge in [0.15, 0.2) is 5.65 Å². The van der Waals surface area contributed by atoms with Gasteiger partial charge in [-0.15, -0.1) is 0 Å². The van der Waals surface area contributed by atoms with Gasteiger partial charge in [0, 0.05) is 28.9 Å². The van der Waals surface area contributed by atoms with Crippen molar-refractivity contribution in [1.29, 1.82) is 5.26 Å². The molecule has 2 heterocycles. The monoisotopic (exact) mass is 402 g/mol. The van der Waals surface area contributed by atoms with Crippen molar-refractivity contribution >= 4 is 27.0 Å². The molecule has 1 amide bonds. The largest absolute Gasteiger partial charge is 0.366 e. The zero-order valence-electron chi connectivity index (χ0n) is 15.0. The molecule has 2 aromatic heterocycles. The summed E-state index contributed by atoms with van der Waals surface area (Å²) < 4.78 is 27.5. The summed E-state index contributed by atoms with van der Waals surface area (Å²) in [6, 6.07) is 18.1. The van der Waals surface area contributed by atoms with Gasteiger partial charge in [-0.25, -0.2) is 17.4 Å². The maximum Gasteiger partial charge on any atom is 0.269 e. The predicted octanol–water partition coefficient (Wildman–Crippen LogP) is 2.91. The molecule has 142 valence electrons. The third-order valence-corrected chi connectivity index (χ3v) is 6.16. The summed E-state index contributed by atoms with van der Waals surface area (Å²) >= 11 is 0. The Morgan fingerprint density at radius 1 is 1.07 bits per heavy atom. The van der Waals surface area contributed by atoms with Crippen molar-refractivity contribution in [3.8, 4) is 17.2 Å². The molecular formula is C21H14N4O3S. The van der Waals surface area contributed by atoms with Gasteiger partial charge < -0.3 is 5.73 Å². The first kappa shape index (κ1) is 18.4.